The number of unbranched alkanes of at least 4 members (excludes halogenated alkanes) is 1. The molecule has 0 radical (unpaired) electrons. The van der Waals surface area contributed by atoms with Gasteiger partial charge in [0.2, 0.25) is 0 Å². The van der Waals surface area contributed by atoms with E-state index in [1.165, 1.54) is 18.4 Å². The third-order valence-corrected chi connectivity index (χ3v) is 5.52. The fraction of sp³-hybridized carbons (Fsp3) is 0.650. The Morgan fingerprint density at radius 3 is 3.12 bits per heavy atom. The van der Waals surface area contributed by atoms with Crippen LogP contribution in [0.15, 0.2) is 24.3 Å². The predicted octanol–water partition coefficient (Wildman–Crippen LogP) is 3.50. The highest BCUT2D eigenvalue weighted by atomic mass is 16.5. The number of fused-ring (bicyclic) bond motifs is 1. The number of benzene rings is 1. The van der Waals surface area contributed by atoms with Crippen LogP contribution in [-0.4, -0.2) is 35.3 Å². The third-order valence-electron chi connectivity index (χ3n) is 5.52. The minimum Gasteiger partial charge on any atom is -0.494 e. The smallest absolute Gasteiger partial charge is 0.119 e. The molecule has 1 heterocycles. The van der Waals surface area contributed by atoms with Crippen molar-refractivity contribution in [2.75, 3.05) is 19.7 Å². The van der Waals surface area contributed by atoms with E-state index in [1.807, 2.05) is 12.1 Å². The lowest BCUT2D eigenvalue weighted by Crippen LogP contribution is -2.52. The molecule has 3 rings (SSSR count). The zero-order valence-corrected chi connectivity index (χ0v) is 14.4. The van der Waals surface area contributed by atoms with E-state index in [1.54, 1.807) is 0 Å². The Balaban J connectivity index is 1.53. The van der Waals surface area contributed by atoms with Gasteiger partial charge in [-0.2, -0.15) is 5.26 Å². The molecule has 1 aliphatic heterocycles. The molecule has 4 heteroatoms. The number of aliphatic hydroxyl groups is 1. The van der Waals surface area contributed by atoms with Gasteiger partial charge in [0.25, 0.3) is 0 Å². The lowest BCUT2D eigenvalue weighted by Gasteiger charge is -2.47. The Morgan fingerprint density at radius 2 is 2.25 bits per heavy atom. The van der Waals surface area contributed by atoms with Crippen molar-refractivity contribution in [2.24, 2.45) is 5.92 Å². The van der Waals surface area contributed by atoms with Gasteiger partial charge in [-0.1, -0.05) is 25.0 Å². The van der Waals surface area contributed by atoms with Crippen molar-refractivity contribution in [2.45, 2.75) is 57.1 Å². The Bertz CT molecular complexity index is 583. The van der Waals surface area contributed by atoms with Crippen LogP contribution in [0, 0.1) is 17.2 Å². The third kappa shape index (κ3) is 4.28. The van der Waals surface area contributed by atoms with Gasteiger partial charge in [-0.3, -0.25) is 4.90 Å². The highest BCUT2D eigenvalue weighted by Crippen LogP contribution is 2.40. The van der Waals surface area contributed by atoms with Crippen molar-refractivity contribution in [3.8, 4) is 11.8 Å². The van der Waals surface area contributed by atoms with E-state index in [-0.39, 0.29) is 0 Å². The standard InChI is InChI=1S/C20H28N2O2/c21-11-3-4-13-24-19-8-5-6-17(14-19)15-22-12-10-20(23)9-2-1-7-18(20)16-22/h5-6,8,14,18,23H,1-4,7,9-10,12-13,15-16H2. The molecule has 24 heavy (non-hydrogen) atoms. The zero-order chi connectivity index (χ0) is 16.8. The maximum absolute atomic E-state index is 10.8. The van der Waals surface area contributed by atoms with Gasteiger partial charge in [-0.25, -0.2) is 0 Å². The highest BCUT2D eigenvalue weighted by Gasteiger charge is 2.42. The van der Waals surface area contributed by atoms with E-state index < -0.39 is 5.60 Å². The topological polar surface area (TPSA) is 56.5 Å². The van der Waals surface area contributed by atoms with Gasteiger partial charge in [0.1, 0.15) is 5.75 Å². The van der Waals surface area contributed by atoms with Gasteiger partial charge in [0, 0.05) is 32.0 Å². The second-order valence-electron chi connectivity index (χ2n) is 7.29. The first-order valence-corrected chi connectivity index (χ1v) is 9.23. The maximum atomic E-state index is 10.8. The van der Waals surface area contributed by atoms with Gasteiger partial charge < -0.3 is 9.84 Å². The van der Waals surface area contributed by atoms with Gasteiger partial charge in [-0.05, 0) is 43.4 Å². The molecule has 1 aromatic rings. The van der Waals surface area contributed by atoms with Gasteiger partial charge >= 0.3 is 0 Å². The van der Waals surface area contributed by atoms with Crippen molar-refractivity contribution in [3.63, 3.8) is 0 Å². The molecule has 0 spiro atoms. The summed E-state index contributed by atoms with van der Waals surface area (Å²) in [5.41, 5.74) is 0.856. The molecule has 0 aromatic heterocycles. The minimum atomic E-state index is -0.402. The number of piperidine rings is 1. The second kappa shape index (κ2) is 8.00. The van der Waals surface area contributed by atoms with Gasteiger partial charge in [0.15, 0.2) is 0 Å². The first-order chi connectivity index (χ1) is 11.7. The number of nitrogens with zero attached hydrogens (tertiary/aromatic N) is 2. The fourth-order valence-electron chi connectivity index (χ4n) is 4.12. The summed E-state index contributed by atoms with van der Waals surface area (Å²) in [6, 6.07) is 10.4. The van der Waals surface area contributed by atoms with Crippen molar-refractivity contribution < 1.29 is 9.84 Å². The van der Waals surface area contributed by atoms with Gasteiger partial charge in [-0.15, -0.1) is 0 Å². The van der Waals surface area contributed by atoms with Crippen molar-refractivity contribution in [1.29, 1.82) is 5.26 Å². The summed E-state index contributed by atoms with van der Waals surface area (Å²) in [6.07, 6.45) is 6.80. The van der Waals surface area contributed by atoms with Crippen molar-refractivity contribution in [3.05, 3.63) is 29.8 Å². The van der Waals surface area contributed by atoms with Crippen LogP contribution >= 0.6 is 0 Å². The monoisotopic (exact) mass is 328 g/mol. The molecule has 1 saturated heterocycles. The molecule has 0 bridgehead atoms. The van der Waals surface area contributed by atoms with Crippen LogP contribution in [-0.2, 0) is 6.54 Å². The largest absolute Gasteiger partial charge is 0.494 e. The Labute approximate surface area is 145 Å². The summed E-state index contributed by atoms with van der Waals surface area (Å²) in [7, 11) is 0. The van der Waals surface area contributed by atoms with E-state index in [4.69, 9.17) is 10.00 Å². The van der Waals surface area contributed by atoms with E-state index in [9.17, 15) is 5.11 Å². The van der Waals surface area contributed by atoms with E-state index in [2.05, 4.69) is 23.1 Å². The summed E-state index contributed by atoms with van der Waals surface area (Å²) in [6.45, 7) is 3.49. The van der Waals surface area contributed by atoms with Crippen LogP contribution in [0.1, 0.15) is 50.5 Å². The molecule has 1 aromatic carbocycles. The molecule has 4 nitrogen and oxygen atoms in total. The average Bonchev–Trinajstić information content (AvgIpc) is 2.59. The molecule has 2 atom stereocenters. The van der Waals surface area contributed by atoms with Crippen LogP contribution in [0.3, 0.4) is 0 Å². The van der Waals surface area contributed by atoms with Crippen LogP contribution in [0.4, 0.5) is 0 Å². The van der Waals surface area contributed by atoms with Crippen LogP contribution in [0.2, 0.25) is 0 Å². The Morgan fingerprint density at radius 1 is 1.33 bits per heavy atom. The van der Waals surface area contributed by atoms with Crippen LogP contribution in [0.25, 0.3) is 0 Å². The lowest BCUT2D eigenvalue weighted by molar-refractivity contribution is -0.0967. The number of ether oxygens (including phenoxy) is 1. The second-order valence-corrected chi connectivity index (χ2v) is 7.29. The van der Waals surface area contributed by atoms with Crippen molar-refractivity contribution >= 4 is 0 Å². The highest BCUT2D eigenvalue weighted by molar-refractivity contribution is 5.28. The predicted molar refractivity (Wildman–Crippen MR) is 93.6 cm³/mol. The maximum Gasteiger partial charge on any atom is 0.119 e. The van der Waals surface area contributed by atoms with Crippen molar-refractivity contribution in [1.82, 2.24) is 4.90 Å². The molecule has 130 valence electrons. The summed E-state index contributed by atoms with van der Waals surface area (Å²) in [4.78, 5) is 2.47. The first kappa shape index (κ1) is 17.3. The number of likely N-dealkylation sites (tertiary alicyclic amines) is 1. The lowest BCUT2D eigenvalue weighted by atomic mass is 9.71. The number of hydrogen-bond donors (Lipinski definition) is 1. The summed E-state index contributed by atoms with van der Waals surface area (Å²) in [5, 5.41) is 19.4. The molecule has 0 amide bonds. The quantitative estimate of drug-likeness (QED) is 0.812. The van der Waals surface area contributed by atoms with Gasteiger partial charge in [0.05, 0.1) is 18.3 Å². The van der Waals surface area contributed by atoms with Crippen LogP contribution in [0.5, 0.6) is 5.75 Å². The Hall–Kier alpha value is -1.57. The van der Waals surface area contributed by atoms with Crippen LogP contribution < -0.4 is 4.74 Å². The Kier molecular flexibility index (Phi) is 5.76. The molecule has 2 fully saturated rings. The van der Waals surface area contributed by atoms with E-state index >= 15 is 0 Å². The average molecular weight is 328 g/mol. The SMILES string of the molecule is N#CCCCOc1cccc(CN2CCC3(O)CCCCC3C2)c1. The summed E-state index contributed by atoms with van der Waals surface area (Å²) in [5.74, 6) is 1.32. The van der Waals surface area contributed by atoms with E-state index in [0.717, 1.165) is 51.1 Å². The number of nitriles is 1. The molecule has 2 unspecified atom stereocenters. The fourth-order valence-corrected chi connectivity index (χ4v) is 4.12. The molecular formula is C20H28N2O2. The normalized spacial score (nSPS) is 27.2. The van der Waals surface area contributed by atoms with E-state index in [0.29, 0.717) is 18.9 Å². The molecule has 1 N–H and O–H groups in total. The summed E-state index contributed by atoms with van der Waals surface area (Å²) < 4.78 is 5.73. The minimum absolute atomic E-state index is 0.402. The number of rotatable bonds is 6. The first-order valence-electron chi connectivity index (χ1n) is 9.23. The molecule has 1 saturated carbocycles. The zero-order valence-electron chi connectivity index (χ0n) is 14.4. The molecular weight excluding hydrogens is 300 g/mol. The molecule has 2 aliphatic rings. The number of hydrogen-bond acceptors (Lipinski definition) is 4. The molecule has 1 aliphatic carbocycles. The summed E-state index contributed by atoms with van der Waals surface area (Å²) >= 11 is 0.